The van der Waals surface area contributed by atoms with Gasteiger partial charge in [-0.25, -0.2) is 4.79 Å². The molecule has 4 unspecified atom stereocenters. The third-order valence-electron chi connectivity index (χ3n) is 6.31. The van der Waals surface area contributed by atoms with Crippen LogP contribution >= 0.6 is 0 Å². The van der Waals surface area contributed by atoms with E-state index in [1.807, 2.05) is 33.8 Å². The zero-order valence-electron chi connectivity index (χ0n) is 23.6. The average Bonchev–Trinajstić information content (AvgIpc) is 2.88. The molecule has 3 amide bonds. The van der Waals surface area contributed by atoms with Crippen LogP contribution < -0.4 is 21.7 Å². The quantitative estimate of drug-likeness (QED) is 0.196. The average molecular weight is 555 g/mol. The Bertz CT molecular complexity index is 1120. The van der Waals surface area contributed by atoms with Crippen LogP contribution in [0, 0.1) is 11.8 Å². The number of hydrogen-bond donors (Lipinski definition) is 6. The Labute approximate surface area is 235 Å². The largest absolute Gasteiger partial charge is 0.508 e. The minimum Gasteiger partial charge on any atom is -0.508 e. The minimum atomic E-state index is -1.23. The summed E-state index contributed by atoms with van der Waals surface area (Å²) in [4.78, 5) is 51.5. The number of carbonyl (C=O) groups excluding carboxylic acids is 3. The summed E-state index contributed by atoms with van der Waals surface area (Å²) in [5, 5.41) is 27.4. The molecule has 0 aromatic heterocycles. The van der Waals surface area contributed by atoms with Crippen LogP contribution in [0.25, 0.3) is 0 Å². The van der Waals surface area contributed by atoms with E-state index in [-0.39, 0.29) is 30.4 Å². The Hall–Kier alpha value is -3.92. The molecule has 0 spiro atoms. The third-order valence-corrected chi connectivity index (χ3v) is 6.31. The lowest BCUT2D eigenvalue weighted by Crippen LogP contribution is -2.58. The molecule has 0 radical (unpaired) electrons. The summed E-state index contributed by atoms with van der Waals surface area (Å²) in [6, 6.07) is 10.9. The first-order chi connectivity index (χ1) is 18.8. The van der Waals surface area contributed by atoms with Gasteiger partial charge in [-0.1, -0.05) is 70.2 Å². The van der Waals surface area contributed by atoms with Gasteiger partial charge in [-0.15, -0.1) is 0 Å². The van der Waals surface area contributed by atoms with Crippen LogP contribution in [-0.4, -0.2) is 58.1 Å². The normalized spacial score (nSPS) is 14.2. The highest BCUT2D eigenvalue weighted by molar-refractivity contribution is 5.94. The highest BCUT2D eigenvalue weighted by atomic mass is 16.4. The molecule has 218 valence electrons. The molecule has 2 aromatic rings. The van der Waals surface area contributed by atoms with E-state index in [1.54, 1.807) is 36.4 Å². The van der Waals surface area contributed by atoms with Crippen molar-refractivity contribution in [2.45, 2.75) is 77.5 Å². The summed E-state index contributed by atoms with van der Waals surface area (Å²) in [5.74, 6) is -2.65. The van der Waals surface area contributed by atoms with Gasteiger partial charge in [0.2, 0.25) is 17.7 Å². The van der Waals surface area contributed by atoms with Crippen LogP contribution in [0.5, 0.6) is 5.75 Å². The van der Waals surface area contributed by atoms with Gasteiger partial charge in [0.25, 0.3) is 0 Å². The summed E-state index contributed by atoms with van der Waals surface area (Å²) < 4.78 is 0. The number of phenolic OH excluding ortho intramolecular Hbond substituents is 1. The number of carboxylic acids is 1. The van der Waals surface area contributed by atoms with Crippen LogP contribution in [0.15, 0.2) is 54.6 Å². The van der Waals surface area contributed by atoms with Crippen molar-refractivity contribution in [3.05, 3.63) is 65.7 Å². The molecule has 7 N–H and O–H groups in total. The lowest BCUT2D eigenvalue weighted by molar-refractivity contribution is -0.142. The molecule has 0 fully saturated rings. The first-order valence-corrected chi connectivity index (χ1v) is 13.6. The third kappa shape index (κ3) is 11.1. The van der Waals surface area contributed by atoms with Crippen molar-refractivity contribution in [3.63, 3.8) is 0 Å². The molecule has 2 aromatic carbocycles. The van der Waals surface area contributed by atoms with Crippen LogP contribution in [0.4, 0.5) is 0 Å². The first-order valence-electron chi connectivity index (χ1n) is 13.6. The summed E-state index contributed by atoms with van der Waals surface area (Å²) in [6.07, 6.45) is 0.850. The van der Waals surface area contributed by atoms with Crippen molar-refractivity contribution in [3.8, 4) is 5.75 Å². The Morgan fingerprint density at radius 1 is 0.675 bits per heavy atom. The van der Waals surface area contributed by atoms with E-state index in [0.717, 1.165) is 5.56 Å². The fourth-order valence-corrected chi connectivity index (χ4v) is 4.27. The maximum Gasteiger partial charge on any atom is 0.326 e. The zero-order valence-corrected chi connectivity index (χ0v) is 23.6. The number of nitrogens with one attached hydrogen (secondary N) is 3. The molecule has 0 aliphatic heterocycles. The molecule has 0 aliphatic rings. The van der Waals surface area contributed by atoms with Gasteiger partial charge < -0.3 is 31.9 Å². The standard InChI is InChI=1S/C30H42N4O6/c1-18(2)14-23(31)27(36)32-24(15-19(3)4)28(37)33-25(16-21-10-12-22(35)13-11-21)29(38)34-26(30(39)40)17-20-8-6-5-7-9-20/h5-13,18-19,23-26,35H,14-17,31H2,1-4H3,(H,32,36)(H,33,37)(H,34,38)(H,39,40). The van der Waals surface area contributed by atoms with E-state index in [1.165, 1.54) is 12.1 Å². The molecule has 0 heterocycles. The number of phenols is 1. The first kappa shape index (κ1) is 32.3. The van der Waals surface area contributed by atoms with Gasteiger partial charge in [0.1, 0.15) is 23.9 Å². The number of nitrogens with two attached hydrogens (primary N) is 1. The SMILES string of the molecule is CC(C)CC(N)C(=O)NC(CC(C)C)C(=O)NC(Cc1ccc(O)cc1)C(=O)NC(Cc1ccccc1)C(=O)O. The molecule has 0 bridgehead atoms. The smallest absolute Gasteiger partial charge is 0.326 e. The van der Waals surface area contributed by atoms with E-state index in [9.17, 15) is 29.4 Å². The molecular formula is C30H42N4O6. The van der Waals surface area contributed by atoms with Gasteiger partial charge in [0, 0.05) is 12.8 Å². The van der Waals surface area contributed by atoms with E-state index in [0.29, 0.717) is 18.4 Å². The number of benzene rings is 2. The van der Waals surface area contributed by atoms with Gasteiger partial charge in [0.15, 0.2) is 0 Å². The number of aromatic hydroxyl groups is 1. The van der Waals surface area contributed by atoms with Gasteiger partial charge >= 0.3 is 5.97 Å². The summed E-state index contributed by atoms with van der Waals surface area (Å²) in [5.41, 5.74) is 7.39. The van der Waals surface area contributed by atoms with Gasteiger partial charge in [-0.2, -0.15) is 0 Å². The lowest BCUT2D eigenvalue weighted by Gasteiger charge is -2.26. The Balaban J connectivity index is 2.26. The Morgan fingerprint density at radius 3 is 1.70 bits per heavy atom. The fraction of sp³-hybridized carbons (Fsp3) is 0.467. The van der Waals surface area contributed by atoms with Gasteiger partial charge in [-0.05, 0) is 47.9 Å². The summed E-state index contributed by atoms with van der Waals surface area (Å²) in [7, 11) is 0. The molecular weight excluding hydrogens is 512 g/mol. The molecule has 4 atom stereocenters. The second-order valence-corrected chi connectivity index (χ2v) is 10.9. The van der Waals surface area contributed by atoms with Crippen LogP contribution in [0.3, 0.4) is 0 Å². The molecule has 0 saturated carbocycles. The number of carbonyl (C=O) groups is 4. The second-order valence-electron chi connectivity index (χ2n) is 10.9. The molecule has 0 aliphatic carbocycles. The van der Waals surface area contributed by atoms with Crippen LogP contribution in [-0.2, 0) is 32.0 Å². The zero-order chi connectivity index (χ0) is 29.8. The monoisotopic (exact) mass is 554 g/mol. The maximum atomic E-state index is 13.4. The maximum absolute atomic E-state index is 13.4. The van der Waals surface area contributed by atoms with Crippen molar-refractivity contribution in [2.75, 3.05) is 0 Å². The van der Waals surface area contributed by atoms with Crippen molar-refractivity contribution in [1.29, 1.82) is 0 Å². The van der Waals surface area contributed by atoms with Crippen LogP contribution in [0.2, 0.25) is 0 Å². The van der Waals surface area contributed by atoms with Crippen LogP contribution in [0.1, 0.15) is 51.7 Å². The molecule has 10 heteroatoms. The van der Waals surface area contributed by atoms with E-state index < -0.39 is 47.9 Å². The predicted molar refractivity (Wildman–Crippen MR) is 152 cm³/mol. The predicted octanol–water partition coefficient (Wildman–Crippen LogP) is 2.14. The van der Waals surface area contributed by atoms with Crippen molar-refractivity contribution < 1.29 is 29.4 Å². The molecule has 40 heavy (non-hydrogen) atoms. The number of amides is 3. The highest BCUT2D eigenvalue weighted by Gasteiger charge is 2.31. The highest BCUT2D eigenvalue weighted by Crippen LogP contribution is 2.13. The van der Waals surface area contributed by atoms with E-state index >= 15 is 0 Å². The fourth-order valence-electron chi connectivity index (χ4n) is 4.27. The minimum absolute atomic E-state index is 0.0325. The van der Waals surface area contributed by atoms with E-state index in [4.69, 9.17) is 5.73 Å². The molecule has 10 nitrogen and oxygen atoms in total. The van der Waals surface area contributed by atoms with Crippen molar-refractivity contribution >= 4 is 23.7 Å². The molecule has 0 saturated heterocycles. The second kappa shape index (κ2) is 15.6. The van der Waals surface area contributed by atoms with E-state index in [2.05, 4.69) is 16.0 Å². The number of aliphatic carboxylic acids is 1. The number of carboxylic acid groups (broad SMARTS) is 1. The van der Waals surface area contributed by atoms with Crippen molar-refractivity contribution in [2.24, 2.45) is 17.6 Å². The topological polar surface area (TPSA) is 171 Å². The summed E-state index contributed by atoms with van der Waals surface area (Å²) >= 11 is 0. The van der Waals surface area contributed by atoms with Crippen molar-refractivity contribution in [1.82, 2.24) is 16.0 Å². The molecule has 2 rings (SSSR count). The lowest BCUT2D eigenvalue weighted by atomic mass is 9.99. The summed E-state index contributed by atoms with van der Waals surface area (Å²) in [6.45, 7) is 7.70. The van der Waals surface area contributed by atoms with Gasteiger partial charge in [0.05, 0.1) is 6.04 Å². The van der Waals surface area contributed by atoms with Gasteiger partial charge in [-0.3, -0.25) is 14.4 Å². The Kier molecular flexibility index (Phi) is 12.6. The number of hydrogen-bond acceptors (Lipinski definition) is 6. The number of rotatable bonds is 15. The Morgan fingerprint density at radius 2 is 1.15 bits per heavy atom.